The van der Waals surface area contributed by atoms with E-state index in [9.17, 15) is 19.0 Å². The van der Waals surface area contributed by atoms with Crippen molar-refractivity contribution < 1.29 is 46.0 Å². The average Bonchev–Trinajstić information content (AvgIpc) is 4.35. The molecule has 0 saturated carbocycles. The van der Waals surface area contributed by atoms with Gasteiger partial charge in [-0.3, -0.25) is 19.3 Å². The lowest BCUT2D eigenvalue weighted by molar-refractivity contribution is 0.0547. The molecule has 2 atom stereocenters. The molecule has 416 valence electrons. The molecule has 10 aromatic rings. The van der Waals surface area contributed by atoms with Gasteiger partial charge in [-0.05, 0) is 150 Å². The second kappa shape index (κ2) is 20.9. The quantitative estimate of drug-likeness (QED) is 0.130. The van der Waals surface area contributed by atoms with E-state index in [2.05, 4.69) is 10.2 Å². The zero-order valence-electron chi connectivity index (χ0n) is 45.8. The SMILES string of the molecule is Cc1cnn(C)c1-c1cnc2c3c(F)cc(C(C)(C)O)cc3n(C(c3ccc(F)cc3F)C3CCOCC3)c2c1.Cc1cnn(C)c1-c1cnc2c3c(F)cc(C(C)(C)O)cc3n(C(c3ccc(F)cc3F)C3CCOCC3)c2c1. The summed E-state index contributed by atoms with van der Waals surface area (Å²) in [5.74, 6) is -3.89. The molecule has 6 aromatic heterocycles. The summed E-state index contributed by atoms with van der Waals surface area (Å²) in [5, 5.41) is 31.0. The Hall–Kier alpha value is -7.38. The number of aryl methyl sites for hydroxylation is 4. The van der Waals surface area contributed by atoms with E-state index >= 15 is 17.6 Å². The second-order valence-corrected chi connectivity index (χ2v) is 22.5. The molecule has 0 aliphatic carbocycles. The van der Waals surface area contributed by atoms with Crippen LogP contribution in [0.15, 0.2) is 97.6 Å². The van der Waals surface area contributed by atoms with E-state index in [1.807, 2.05) is 49.2 Å². The minimum atomic E-state index is -1.32. The Morgan fingerprint density at radius 3 is 1.20 bits per heavy atom. The van der Waals surface area contributed by atoms with Crippen molar-refractivity contribution >= 4 is 43.9 Å². The molecule has 2 unspecified atom stereocenters. The first kappa shape index (κ1) is 54.6. The van der Waals surface area contributed by atoms with Crippen LogP contribution in [0, 0.1) is 60.6 Å². The zero-order chi connectivity index (χ0) is 56.7. The third kappa shape index (κ3) is 9.83. The molecule has 2 N–H and O–H groups in total. The van der Waals surface area contributed by atoms with Crippen molar-refractivity contribution in [2.24, 2.45) is 25.9 Å². The highest BCUT2D eigenvalue weighted by Gasteiger charge is 2.36. The first-order valence-corrected chi connectivity index (χ1v) is 26.8. The highest BCUT2D eigenvalue weighted by atomic mass is 19.2. The van der Waals surface area contributed by atoms with Crippen molar-refractivity contribution in [2.45, 2.75) is 90.5 Å². The van der Waals surface area contributed by atoms with Gasteiger partial charge in [-0.25, -0.2) is 26.3 Å². The van der Waals surface area contributed by atoms with Crippen LogP contribution in [0.1, 0.15) is 98.8 Å². The lowest BCUT2D eigenvalue weighted by Gasteiger charge is -2.33. The van der Waals surface area contributed by atoms with Gasteiger partial charge in [0, 0.05) is 87.3 Å². The molecule has 0 bridgehead atoms. The summed E-state index contributed by atoms with van der Waals surface area (Å²) in [7, 11) is 3.69. The molecule has 0 amide bonds. The second-order valence-electron chi connectivity index (χ2n) is 22.5. The third-order valence-electron chi connectivity index (χ3n) is 16.1. The van der Waals surface area contributed by atoms with Gasteiger partial charge in [0.15, 0.2) is 0 Å². The number of hydrogen-bond acceptors (Lipinski definition) is 8. The maximum Gasteiger partial charge on any atom is 0.135 e. The Kier molecular flexibility index (Phi) is 14.3. The molecule has 2 fully saturated rings. The van der Waals surface area contributed by atoms with Crippen LogP contribution in [-0.2, 0) is 34.8 Å². The molecule has 12 rings (SSSR count). The Morgan fingerprint density at radius 1 is 0.500 bits per heavy atom. The van der Waals surface area contributed by atoms with Gasteiger partial charge < -0.3 is 28.8 Å². The summed E-state index contributed by atoms with van der Waals surface area (Å²) in [6, 6.07) is 16.1. The molecule has 2 aliphatic rings. The van der Waals surface area contributed by atoms with Gasteiger partial charge in [0.05, 0.1) is 90.9 Å². The minimum Gasteiger partial charge on any atom is -0.386 e. The Bertz CT molecular complexity index is 3710. The predicted octanol–water partition coefficient (Wildman–Crippen LogP) is 13.1. The van der Waals surface area contributed by atoms with Crippen molar-refractivity contribution in [1.29, 1.82) is 0 Å². The predicted molar refractivity (Wildman–Crippen MR) is 295 cm³/mol. The number of rotatable bonds is 10. The van der Waals surface area contributed by atoms with Crippen LogP contribution in [0.4, 0.5) is 26.3 Å². The summed E-state index contributed by atoms with van der Waals surface area (Å²) in [6.45, 7) is 12.3. The van der Waals surface area contributed by atoms with E-state index < -0.39 is 58.2 Å². The molecule has 12 nitrogen and oxygen atoms in total. The van der Waals surface area contributed by atoms with E-state index in [-0.39, 0.29) is 22.6 Å². The molecule has 0 spiro atoms. The van der Waals surface area contributed by atoms with Gasteiger partial charge >= 0.3 is 0 Å². The van der Waals surface area contributed by atoms with Crippen molar-refractivity contribution in [3.63, 3.8) is 0 Å². The zero-order valence-corrected chi connectivity index (χ0v) is 45.8. The van der Waals surface area contributed by atoms with Crippen LogP contribution in [0.3, 0.4) is 0 Å². The van der Waals surface area contributed by atoms with Crippen LogP contribution in [0.2, 0.25) is 0 Å². The number of ether oxygens (including phenoxy) is 2. The highest BCUT2D eigenvalue weighted by Crippen LogP contribution is 2.46. The Morgan fingerprint density at radius 2 is 0.875 bits per heavy atom. The largest absolute Gasteiger partial charge is 0.386 e. The first-order valence-electron chi connectivity index (χ1n) is 26.8. The monoisotopic (exact) mass is 1100 g/mol. The van der Waals surface area contributed by atoms with E-state index in [0.717, 1.165) is 45.8 Å². The van der Waals surface area contributed by atoms with Crippen molar-refractivity contribution in [3.8, 4) is 22.5 Å². The molecule has 2 saturated heterocycles. The molecule has 0 radical (unpaired) electrons. The fourth-order valence-electron chi connectivity index (χ4n) is 12.2. The molecular weight excluding hydrogens is 1030 g/mol. The first-order chi connectivity index (χ1) is 38.1. The van der Waals surface area contributed by atoms with Crippen molar-refractivity contribution in [3.05, 3.63) is 166 Å². The highest BCUT2D eigenvalue weighted by molar-refractivity contribution is 6.08. The van der Waals surface area contributed by atoms with Crippen LogP contribution >= 0.6 is 0 Å². The fraction of sp³-hybridized carbons (Fsp3) is 0.355. The fourth-order valence-corrected chi connectivity index (χ4v) is 12.2. The number of halogens is 6. The number of benzene rings is 4. The molecule has 80 heavy (non-hydrogen) atoms. The van der Waals surface area contributed by atoms with E-state index in [0.29, 0.717) is 107 Å². The van der Waals surface area contributed by atoms with Crippen molar-refractivity contribution in [1.82, 2.24) is 38.7 Å². The van der Waals surface area contributed by atoms with Crippen LogP contribution in [0.25, 0.3) is 66.4 Å². The molecule has 2 aliphatic heterocycles. The molecular formula is C62H62F6N8O4. The number of hydrogen-bond donors (Lipinski definition) is 2. The standard InChI is InChI=1S/2C31H31F3N4O2/c2*1-17-15-36-37(4)29(17)19-11-26-28(35-16-19)27-24(34)12-20(31(2,3)39)13-25(27)38(26)30(18-7-9-40-10-8-18)22-6-5-21(32)14-23(22)33/h2*5-6,11-16,18,30,39H,7-10H2,1-4H3. The average molecular weight is 1100 g/mol. The van der Waals surface area contributed by atoms with Gasteiger partial charge in [-0.1, -0.05) is 12.1 Å². The van der Waals surface area contributed by atoms with Gasteiger partial charge in [-0.15, -0.1) is 0 Å². The smallest absolute Gasteiger partial charge is 0.135 e. The lowest BCUT2D eigenvalue weighted by atomic mass is 9.86. The number of pyridine rings is 2. The number of fused-ring (bicyclic) bond motifs is 6. The minimum absolute atomic E-state index is 0.0801. The summed E-state index contributed by atoms with van der Waals surface area (Å²) in [4.78, 5) is 9.47. The van der Waals surface area contributed by atoms with Crippen LogP contribution < -0.4 is 0 Å². The van der Waals surface area contributed by atoms with E-state index in [1.165, 1.54) is 36.4 Å². The number of aromatic nitrogens is 8. The van der Waals surface area contributed by atoms with Crippen LogP contribution in [0.5, 0.6) is 0 Å². The summed E-state index contributed by atoms with van der Waals surface area (Å²) in [5.41, 5.74) is 6.97. The summed E-state index contributed by atoms with van der Waals surface area (Å²) < 4.78 is 110. The third-order valence-corrected chi connectivity index (χ3v) is 16.1. The molecule has 8 heterocycles. The van der Waals surface area contributed by atoms with Gasteiger partial charge in [0.1, 0.15) is 34.9 Å². The lowest BCUT2D eigenvalue weighted by Crippen LogP contribution is -2.27. The number of aliphatic hydroxyl groups is 2. The Labute approximate surface area is 458 Å². The van der Waals surface area contributed by atoms with E-state index in [1.54, 1.807) is 74.0 Å². The van der Waals surface area contributed by atoms with Gasteiger partial charge in [0.2, 0.25) is 0 Å². The normalized spacial score (nSPS) is 15.8. The maximum atomic E-state index is 15.9. The van der Waals surface area contributed by atoms with E-state index in [4.69, 9.17) is 19.4 Å². The number of nitrogens with zero attached hydrogens (tertiary/aromatic N) is 8. The summed E-state index contributed by atoms with van der Waals surface area (Å²) in [6.07, 6.45) is 9.50. The van der Waals surface area contributed by atoms with Crippen molar-refractivity contribution in [2.75, 3.05) is 26.4 Å². The van der Waals surface area contributed by atoms with Gasteiger partial charge in [-0.2, -0.15) is 10.2 Å². The van der Waals surface area contributed by atoms with Gasteiger partial charge in [0.25, 0.3) is 0 Å². The molecule has 18 heteroatoms. The topological polar surface area (TPSA) is 130 Å². The molecule has 4 aromatic carbocycles. The van der Waals surface area contributed by atoms with Crippen LogP contribution in [-0.4, -0.2) is 75.3 Å². The maximum absolute atomic E-state index is 15.9. The summed E-state index contributed by atoms with van der Waals surface area (Å²) >= 11 is 0. The Balaban J connectivity index is 0.000000169.